The van der Waals surface area contributed by atoms with Gasteiger partial charge < -0.3 is 10.4 Å². The summed E-state index contributed by atoms with van der Waals surface area (Å²) in [6.07, 6.45) is 5.69. The SMILES string of the molecule is CC1CCN(CC(=O)NCC(C)(O)c2cnn(C)c2)CC1. The highest BCUT2D eigenvalue weighted by Crippen LogP contribution is 2.18. The largest absolute Gasteiger partial charge is 0.383 e. The quantitative estimate of drug-likeness (QED) is 0.828. The maximum atomic E-state index is 12.0. The molecule has 0 radical (unpaired) electrons. The number of nitrogens with zero attached hydrogens (tertiary/aromatic N) is 3. The molecule has 1 fully saturated rings. The molecule has 0 bridgehead atoms. The monoisotopic (exact) mass is 294 g/mol. The van der Waals surface area contributed by atoms with Crippen LogP contribution in [0.4, 0.5) is 0 Å². The Bertz CT molecular complexity index is 476. The number of aromatic nitrogens is 2. The number of hydrogen-bond acceptors (Lipinski definition) is 4. The molecule has 1 saturated heterocycles. The van der Waals surface area contributed by atoms with E-state index in [1.807, 2.05) is 0 Å². The van der Waals surface area contributed by atoms with E-state index in [0.29, 0.717) is 12.1 Å². The molecule has 0 saturated carbocycles. The van der Waals surface area contributed by atoms with Gasteiger partial charge in [0.15, 0.2) is 0 Å². The molecule has 1 unspecified atom stereocenters. The number of carbonyl (C=O) groups is 1. The average Bonchev–Trinajstić information content (AvgIpc) is 2.87. The van der Waals surface area contributed by atoms with Crippen molar-refractivity contribution in [2.45, 2.75) is 32.3 Å². The molecular weight excluding hydrogens is 268 g/mol. The Morgan fingerprint density at radius 1 is 1.52 bits per heavy atom. The van der Waals surface area contributed by atoms with E-state index in [2.05, 4.69) is 22.2 Å². The van der Waals surface area contributed by atoms with Crippen LogP contribution in [0.15, 0.2) is 12.4 Å². The van der Waals surface area contributed by atoms with Crippen LogP contribution in [0.2, 0.25) is 0 Å². The van der Waals surface area contributed by atoms with E-state index in [-0.39, 0.29) is 12.5 Å². The highest BCUT2D eigenvalue weighted by atomic mass is 16.3. The Labute approximate surface area is 126 Å². The highest BCUT2D eigenvalue weighted by molar-refractivity contribution is 5.78. The van der Waals surface area contributed by atoms with Crippen LogP contribution in [0.5, 0.6) is 0 Å². The molecule has 1 aliphatic rings. The predicted octanol–water partition coefficient (Wildman–Crippen LogP) is 0.476. The number of aryl methyl sites for hydroxylation is 1. The predicted molar refractivity (Wildman–Crippen MR) is 80.6 cm³/mol. The normalized spacial score (nSPS) is 20.2. The molecule has 6 nitrogen and oxygen atoms in total. The zero-order chi connectivity index (χ0) is 15.5. The molecule has 1 atom stereocenters. The van der Waals surface area contributed by atoms with Crippen molar-refractivity contribution in [3.05, 3.63) is 18.0 Å². The summed E-state index contributed by atoms with van der Waals surface area (Å²) in [5.74, 6) is 0.726. The third kappa shape index (κ3) is 4.54. The molecule has 2 heterocycles. The number of hydrogen-bond donors (Lipinski definition) is 2. The van der Waals surface area contributed by atoms with Crippen molar-refractivity contribution in [1.82, 2.24) is 20.0 Å². The average molecular weight is 294 g/mol. The summed E-state index contributed by atoms with van der Waals surface area (Å²) in [6.45, 7) is 6.51. The van der Waals surface area contributed by atoms with Crippen molar-refractivity contribution in [2.75, 3.05) is 26.2 Å². The van der Waals surface area contributed by atoms with Crippen molar-refractivity contribution >= 4 is 5.91 Å². The van der Waals surface area contributed by atoms with Gasteiger partial charge in [-0.1, -0.05) is 6.92 Å². The molecule has 21 heavy (non-hydrogen) atoms. The van der Waals surface area contributed by atoms with Crippen molar-refractivity contribution in [2.24, 2.45) is 13.0 Å². The van der Waals surface area contributed by atoms with Crippen LogP contribution in [-0.4, -0.2) is 51.9 Å². The second kappa shape index (κ2) is 6.58. The summed E-state index contributed by atoms with van der Waals surface area (Å²) in [6, 6.07) is 0. The van der Waals surface area contributed by atoms with Crippen LogP contribution >= 0.6 is 0 Å². The topological polar surface area (TPSA) is 70.4 Å². The van der Waals surface area contributed by atoms with E-state index < -0.39 is 5.60 Å². The fourth-order valence-electron chi connectivity index (χ4n) is 2.55. The Kier molecular flexibility index (Phi) is 5.00. The van der Waals surface area contributed by atoms with Crippen LogP contribution in [0.3, 0.4) is 0 Å². The maximum absolute atomic E-state index is 12.0. The van der Waals surface area contributed by atoms with Crippen LogP contribution < -0.4 is 5.32 Å². The molecule has 1 aliphatic heterocycles. The molecule has 1 aromatic rings. The first-order valence-corrected chi connectivity index (χ1v) is 7.57. The van der Waals surface area contributed by atoms with Crippen molar-refractivity contribution in [3.63, 3.8) is 0 Å². The lowest BCUT2D eigenvalue weighted by Crippen LogP contribution is -2.45. The molecule has 2 N–H and O–H groups in total. The number of rotatable bonds is 5. The molecule has 0 spiro atoms. The standard InChI is InChI=1S/C15H26N4O2/c1-12-4-6-19(7-5-12)10-14(20)16-11-15(2,21)13-8-17-18(3)9-13/h8-9,12,21H,4-7,10-11H2,1-3H3,(H,16,20). The van der Waals surface area contributed by atoms with E-state index in [1.54, 1.807) is 31.0 Å². The second-order valence-corrected chi connectivity index (χ2v) is 6.41. The summed E-state index contributed by atoms with van der Waals surface area (Å²) in [7, 11) is 1.80. The smallest absolute Gasteiger partial charge is 0.234 e. The highest BCUT2D eigenvalue weighted by Gasteiger charge is 2.26. The molecule has 0 aromatic carbocycles. The third-order valence-corrected chi connectivity index (χ3v) is 4.20. The molecule has 1 aromatic heterocycles. The van der Waals surface area contributed by atoms with Gasteiger partial charge in [-0.2, -0.15) is 5.10 Å². The Morgan fingerprint density at radius 3 is 2.76 bits per heavy atom. The minimum Gasteiger partial charge on any atom is -0.383 e. The summed E-state index contributed by atoms with van der Waals surface area (Å²) >= 11 is 0. The fraction of sp³-hybridized carbons (Fsp3) is 0.733. The molecule has 6 heteroatoms. The maximum Gasteiger partial charge on any atom is 0.234 e. The van der Waals surface area contributed by atoms with Gasteiger partial charge in [-0.15, -0.1) is 0 Å². The lowest BCUT2D eigenvalue weighted by atomic mass is 9.99. The number of carbonyl (C=O) groups excluding carboxylic acids is 1. The van der Waals surface area contributed by atoms with Gasteiger partial charge in [0, 0.05) is 18.8 Å². The molecule has 1 amide bonds. The first-order valence-electron chi connectivity index (χ1n) is 7.57. The van der Waals surface area contributed by atoms with E-state index in [0.717, 1.165) is 31.8 Å². The van der Waals surface area contributed by atoms with Gasteiger partial charge in [-0.3, -0.25) is 14.4 Å². The van der Waals surface area contributed by atoms with Crippen molar-refractivity contribution < 1.29 is 9.90 Å². The summed E-state index contributed by atoms with van der Waals surface area (Å²) in [4.78, 5) is 14.2. The van der Waals surface area contributed by atoms with Gasteiger partial charge >= 0.3 is 0 Å². The van der Waals surface area contributed by atoms with Crippen molar-refractivity contribution in [3.8, 4) is 0 Å². The van der Waals surface area contributed by atoms with Gasteiger partial charge in [0.25, 0.3) is 0 Å². The molecular formula is C15H26N4O2. The number of amides is 1. The van der Waals surface area contributed by atoms with Crippen LogP contribution in [0.1, 0.15) is 32.3 Å². The van der Waals surface area contributed by atoms with Gasteiger partial charge in [-0.05, 0) is 38.8 Å². The minimum absolute atomic E-state index is 0.0336. The first-order chi connectivity index (χ1) is 9.87. The fourth-order valence-corrected chi connectivity index (χ4v) is 2.55. The van der Waals surface area contributed by atoms with Gasteiger partial charge in [0.1, 0.15) is 5.60 Å². The Balaban J connectivity index is 1.78. The second-order valence-electron chi connectivity index (χ2n) is 6.41. The Morgan fingerprint density at radius 2 is 2.19 bits per heavy atom. The molecule has 118 valence electrons. The summed E-state index contributed by atoms with van der Waals surface area (Å²) in [5.41, 5.74) is -0.391. The van der Waals surface area contributed by atoms with Gasteiger partial charge in [0.05, 0.1) is 19.3 Å². The van der Waals surface area contributed by atoms with Crippen LogP contribution in [-0.2, 0) is 17.4 Å². The lowest BCUT2D eigenvalue weighted by Gasteiger charge is -2.30. The summed E-state index contributed by atoms with van der Waals surface area (Å²) in [5, 5.41) is 17.3. The minimum atomic E-state index is -1.10. The zero-order valence-electron chi connectivity index (χ0n) is 13.2. The lowest BCUT2D eigenvalue weighted by molar-refractivity contribution is -0.123. The first kappa shape index (κ1) is 16.0. The number of likely N-dealkylation sites (tertiary alicyclic amines) is 1. The van der Waals surface area contributed by atoms with E-state index in [9.17, 15) is 9.90 Å². The van der Waals surface area contributed by atoms with E-state index in [1.165, 1.54) is 0 Å². The van der Waals surface area contributed by atoms with Crippen LogP contribution in [0.25, 0.3) is 0 Å². The zero-order valence-corrected chi connectivity index (χ0v) is 13.2. The molecule has 2 rings (SSSR count). The number of piperidine rings is 1. The number of nitrogens with one attached hydrogen (secondary N) is 1. The third-order valence-electron chi connectivity index (χ3n) is 4.20. The molecule has 0 aliphatic carbocycles. The van der Waals surface area contributed by atoms with Gasteiger partial charge in [-0.25, -0.2) is 0 Å². The van der Waals surface area contributed by atoms with E-state index in [4.69, 9.17) is 0 Å². The van der Waals surface area contributed by atoms with Gasteiger partial charge in [0.2, 0.25) is 5.91 Å². The summed E-state index contributed by atoms with van der Waals surface area (Å²) < 4.78 is 1.64. The van der Waals surface area contributed by atoms with Crippen LogP contribution in [0, 0.1) is 5.92 Å². The van der Waals surface area contributed by atoms with Crippen molar-refractivity contribution in [1.29, 1.82) is 0 Å². The number of aliphatic hydroxyl groups is 1. The van der Waals surface area contributed by atoms with E-state index >= 15 is 0 Å². The Hall–Kier alpha value is -1.40.